The molecule has 0 heterocycles. The van der Waals surface area contributed by atoms with E-state index in [0.717, 1.165) is 18.7 Å². The Kier molecular flexibility index (Phi) is 6.31. The molecule has 1 aromatic carbocycles. The molecule has 1 N–H and O–H groups in total. The Balaban J connectivity index is 3.26. The van der Waals surface area contributed by atoms with Gasteiger partial charge in [-0.1, -0.05) is 13.8 Å². The minimum atomic E-state index is -0.827. The maximum absolute atomic E-state index is 11.2. The van der Waals surface area contributed by atoms with Crippen LogP contribution in [-0.2, 0) is 4.79 Å². The zero-order chi connectivity index (χ0) is 15.1. The molecule has 0 saturated heterocycles. The van der Waals surface area contributed by atoms with Crippen LogP contribution in [0.3, 0.4) is 0 Å². The molecular formula is C15H23NO4. The summed E-state index contributed by atoms with van der Waals surface area (Å²) in [5, 5.41) is 9.18. The molecule has 1 aromatic rings. The lowest BCUT2D eigenvalue weighted by Gasteiger charge is -2.30. The lowest BCUT2D eigenvalue weighted by Crippen LogP contribution is -2.30. The van der Waals surface area contributed by atoms with Crippen LogP contribution >= 0.6 is 0 Å². The number of carboxylic acid groups (broad SMARTS) is 1. The average molecular weight is 281 g/mol. The molecule has 0 radical (unpaired) electrons. The fourth-order valence-corrected chi connectivity index (χ4v) is 2.37. The van der Waals surface area contributed by atoms with Crippen molar-refractivity contribution in [1.82, 2.24) is 4.90 Å². The third kappa shape index (κ3) is 3.87. The molecule has 0 saturated carbocycles. The van der Waals surface area contributed by atoms with Crippen molar-refractivity contribution in [3.63, 3.8) is 0 Å². The SMILES string of the molecule is CCN(CC)C(CC(=O)O)c1cc(OC)ccc1OC. The third-order valence-electron chi connectivity index (χ3n) is 3.42. The molecule has 0 amide bonds. The number of benzene rings is 1. The lowest BCUT2D eigenvalue weighted by molar-refractivity contribution is -0.138. The summed E-state index contributed by atoms with van der Waals surface area (Å²) in [5.74, 6) is 0.555. The molecule has 1 unspecified atom stereocenters. The van der Waals surface area contributed by atoms with Crippen LogP contribution in [0.1, 0.15) is 31.9 Å². The number of hydrogen-bond acceptors (Lipinski definition) is 4. The largest absolute Gasteiger partial charge is 0.497 e. The van der Waals surface area contributed by atoms with Crippen molar-refractivity contribution < 1.29 is 19.4 Å². The van der Waals surface area contributed by atoms with Crippen molar-refractivity contribution in [2.75, 3.05) is 27.3 Å². The molecule has 1 rings (SSSR count). The normalized spacial score (nSPS) is 12.2. The highest BCUT2D eigenvalue weighted by Crippen LogP contribution is 2.34. The maximum atomic E-state index is 11.2. The van der Waals surface area contributed by atoms with Gasteiger partial charge in [-0.3, -0.25) is 9.69 Å². The standard InChI is InChI=1S/C15H23NO4/c1-5-16(6-2)13(10-15(17)18)12-9-11(19-3)7-8-14(12)20-4/h7-9,13H,5-6,10H2,1-4H3,(H,17,18). The Morgan fingerprint density at radius 2 is 1.90 bits per heavy atom. The Bertz CT molecular complexity index is 443. The number of carboxylic acids is 1. The molecule has 5 nitrogen and oxygen atoms in total. The van der Waals surface area contributed by atoms with Gasteiger partial charge in [0.05, 0.1) is 20.6 Å². The van der Waals surface area contributed by atoms with E-state index in [1.54, 1.807) is 14.2 Å². The molecule has 20 heavy (non-hydrogen) atoms. The van der Waals surface area contributed by atoms with Crippen molar-refractivity contribution >= 4 is 5.97 Å². The van der Waals surface area contributed by atoms with Gasteiger partial charge < -0.3 is 14.6 Å². The zero-order valence-corrected chi connectivity index (χ0v) is 12.5. The lowest BCUT2D eigenvalue weighted by atomic mass is 10.00. The highest BCUT2D eigenvalue weighted by Gasteiger charge is 2.24. The summed E-state index contributed by atoms with van der Waals surface area (Å²) < 4.78 is 10.6. The van der Waals surface area contributed by atoms with Gasteiger partial charge >= 0.3 is 5.97 Å². The predicted molar refractivity (Wildman–Crippen MR) is 77.5 cm³/mol. The molecule has 0 spiro atoms. The first-order valence-corrected chi connectivity index (χ1v) is 6.75. The Hall–Kier alpha value is -1.75. The van der Waals surface area contributed by atoms with Gasteiger partial charge in [-0.15, -0.1) is 0 Å². The first kappa shape index (κ1) is 16.3. The molecule has 1 atom stereocenters. The van der Waals surface area contributed by atoms with E-state index in [1.165, 1.54) is 0 Å². The smallest absolute Gasteiger partial charge is 0.305 e. The molecule has 112 valence electrons. The Morgan fingerprint density at radius 3 is 2.35 bits per heavy atom. The third-order valence-corrected chi connectivity index (χ3v) is 3.42. The summed E-state index contributed by atoms with van der Waals surface area (Å²) in [7, 11) is 3.18. The van der Waals surface area contributed by atoms with Gasteiger partial charge in [-0.2, -0.15) is 0 Å². The molecule has 0 aliphatic rings. The minimum Gasteiger partial charge on any atom is -0.497 e. The van der Waals surface area contributed by atoms with Gasteiger partial charge in [0.1, 0.15) is 11.5 Å². The van der Waals surface area contributed by atoms with Crippen molar-refractivity contribution in [3.8, 4) is 11.5 Å². The van der Waals surface area contributed by atoms with Crippen LogP contribution in [0.2, 0.25) is 0 Å². The first-order chi connectivity index (χ1) is 9.57. The summed E-state index contributed by atoms with van der Waals surface area (Å²) in [6, 6.07) is 5.24. The number of hydrogen-bond donors (Lipinski definition) is 1. The summed E-state index contributed by atoms with van der Waals surface area (Å²) in [6.07, 6.45) is 0.0329. The Labute approximate surface area is 120 Å². The van der Waals surface area contributed by atoms with Crippen molar-refractivity contribution in [1.29, 1.82) is 0 Å². The van der Waals surface area contributed by atoms with Gasteiger partial charge in [-0.05, 0) is 31.3 Å². The molecule has 0 aromatic heterocycles. The predicted octanol–water partition coefficient (Wildman–Crippen LogP) is 2.56. The van der Waals surface area contributed by atoms with E-state index in [9.17, 15) is 9.90 Å². The van der Waals surface area contributed by atoms with E-state index in [-0.39, 0.29) is 12.5 Å². The van der Waals surface area contributed by atoms with Crippen molar-refractivity contribution in [2.24, 2.45) is 0 Å². The van der Waals surface area contributed by atoms with E-state index >= 15 is 0 Å². The maximum Gasteiger partial charge on any atom is 0.305 e. The van der Waals surface area contributed by atoms with Crippen LogP contribution in [0.4, 0.5) is 0 Å². The molecule has 0 aliphatic heterocycles. The fraction of sp³-hybridized carbons (Fsp3) is 0.533. The fourth-order valence-electron chi connectivity index (χ4n) is 2.37. The number of aliphatic carboxylic acids is 1. The van der Waals surface area contributed by atoms with Gasteiger partial charge in [0, 0.05) is 11.6 Å². The van der Waals surface area contributed by atoms with Gasteiger partial charge in [0.15, 0.2) is 0 Å². The number of nitrogens with zero attached hydrogens (tertiary/aromatic N) is 1. The van der Waals surface area contributed by atoms with Gasteiger partial charge in [-0.25, -0.2) is 0 Å². The van der Waals surface area contributed by atoms with E-state index in [4.69, 9.17) is 9.47 Å². The van der Waals surface area contributed by atoms with Crippen LogP contribution in [-0.4, -0.2) is 43.3 Å². The van der Waals surface area contributed by atoms with Gasteiger partial charge in [0.2, 0.25) is 0 Å². The van der Waals surface area contributed by atoms with Crippen LogP contribution in [0.25, 0.3) is 0 Å². The highest BCUT2D eigenvalue weighted by atomic mass is 16.5. The second kappa shape index (κ2) is 7.75. The van der Waals surface area contributed by atoms with E-state index in [2.05, 4.69) is 4.90 Å². The van der Waals surface area contributed by atoms with E-state index in [1.807, 2.05) is 32.0 Å². The van der Waals surface area contributed by atoms with Crippen molar-refractivity contribution in [2.45, 2.75) is 26.3 Å². The second-order valence-electron chi connectivity index (χ2n) is 4.44. The number of ether oxygens (including phenoxy) is 2. The van der Waals surface area contributed by atoms with E-state index in [0.29, 0.717) is 11.5 Å². The first-order valence-electron chi connectivity index (χ1n) is 6.75. The average Bonchev–Trinajstić information content (AvgIpc) is 2.46. The van der Waals surface area contributed by atoms with Crippen molar-refractivity contribution in [3.05, 3.63) is 23.8 Å². The van der Waals surface area contributed by atoms with E-state index < -0.39 is 5.97 Å². The summed E-state index contributed by atoms with van der Waals surface area (Å²) >= 11 is 0. The van der Waals surface area contributed by atoms with Crippen LogP contribution in [0.5, 0.6) is 11.5 Å². The topological polar surface area (TPSA) is 59.0 Å². The van der Waals surface area contributed by atoms with Gasteiger partial charge in [0.25, 0.3) is 0 Å². The minimum absolute atomic E-state index is 0.0329. The van der Waals surface area contributed by atoms with Crippen LogP contribution in [0.15, 0.2) is 18.2 Å². The molecule has 0 fully saturated rings. The monoisotopic (exact) mass is 281 g/mol. The summed E-state index contributed by atoms with van der Waals surface area (Å²) in [6.45, 7) is 5.58. The number of methoxy groups -OCH3 is 2. The summed E-state index contributed by atoms with van der Waals surface area (Å²) in [4.78, 5) is 13.3. The van der Waals surface area contributed by atoms with Crippen LogP contribution in [0, 0.1) is 0 Å². The highest BCUT2D eigenvalue weighted by molar-refractivity contribution is 5.68. The number of carbonyl (C=O) groups is 1. The second-order valence-corrected chi connectivity index (χ2v) is 4.44. The Morgan fingerprint density at radius 1 is 1.25 bits per heavy atom. The number of rotatable bonds is 8. The quantitative estimate of drug-likeness (QED) is 0.793. The molecule has 0 bridgehead atoms. The van der Waals surface area contributed by atoms with Crippen LogP contribution < -0.4 is 9.47 Å². The summed E-state index contributed by atoms with van der Waals surface area (Å²) in [5.41, 5.74) is 0.845. The molecule has 5 heteroatoms. The molecular weight excluding hydrogens is 258 g/mol. The zero-order valence-electron chi connectivity index (χ0n) is 12.5. The molecule has 0 aliphatic carbocycles.